The molecule has 0 aliphatic carbocycles. The van der Waals surface area contributed by atoms with Crippen molar-refractivity contribution in [2.45, 2.75) is 4.90 Å². The van der Waals surface area contributed by atoms with E-state index in [1.807, 2.05) is 0 Å². The Kier molecular flexibility index (Phi) is 4.36. The lowest BCUT2D eigenvalue weighted by Crippen LogP contribution is -2.13. The Morgan fingerprint density at radius 2 is 1.90 bits per heavy atom. The molecule has 0 saturated carbocycles. The molecule has 2 rings (SSSR count). The first-order valence-corrected chi connectivity index (χ1v) is 8.08. The van der Waals surface area contributed by atoms with Crippen LogP contribution in [0.2, 0.25) is 0 Å². The number of nitrogens with two attached hydrogens (primary N) is 1. The minimum atomic E-state index is -3.73. The topological polar surface area (TPSA) is 84.5 Å². The lowest BCUT2D eigenvalue weighted by atomic mass is 10.2. The van der Waals surface area contributed by atoms with Crippen LogP contribution in [-0.2, 0) is 22.4 Å². The van der Waals surface area contributed by atoms with Crippen molar-refractivity contribution < 1.29 is 8.42 Å². The van der Waals surface area contributed by atoms with E-state index in [1.54, 1.807) is 30.3 Å². The summed E-state index contributed by atoms with van der Waals surface area (Å²) in [5, 5.41) is 0. The molecule has 20 heavy (non-hydrogen) atoms. The van der Waals surface area contributed by atoms with Crippen LogP contribution in [0.5, 0.6) is 0 Å². The molecule has 0 aromatic heterocycles. The van der Waals surface area contributed by atoms with Crippen molar-refractivity contribution in [1.82, 2.24) is 0 Å². The average molecular weight is 372 g/mol. The summed E-state index contributed by atoms with van der Waals surface area (Å²) >= 11 is 7.86. The largest absolute Gasteiger partial charge is 0.397 e. The summed E-state index contributed by atoms with van der Waals surface area (Å²) < 4.78 is 31.3. The molecule has 0 bridgehead atoms. The summed E-state index contributed by atoms with van der Waals surface area (Å²) in [6.07, 6.45) is 0. The van der Waals surface area contributed by atoms with Crippen molar-refractivity contribution in [2.24, 2.45) is 4.36 Å². The quantitative estimate of drug-likeness (QED) is 0.808. The van der Waals surface area contributed by atoms with Crippen LogP contribution in [0.3, 0.4) is 0 Å². The zero-order valence-electron chi connectivity index (χ0n) is 10.1. The van der Waals surface area contributed by atoms with Crippen molar-refractivity contribution >= 4 is 55.4 Å². The second-order valence-electron chi connectivity index (χ2n) is 3.90. The average Bonchev–Trinajstić information content (AvgIpc) is 2.38. The van der Waals surface area contributed by atoms with Crippen LogP contribution in [0.15, 0.2) is 56.2 Å². The maximum Gasteiger partial charge on any atom is 0.262 e. The Balaban J connectivity index is 2.44. The number of rotatable bonds is 4. The maximum absolute atomic E-state index is 12.3. The Morgan fingerprint density at radius 3 is 2.55 bits per heavy atom. The standard InChI is InChI=1S/C12H10BrN3O2S2/c13-8-3-1-4-9(7-8)20(17,18)16-11-6-2-5-10(14)12(11)15-19/h1-7,16H,14H2. The highest BCUT2D eigenvalue weighted by molar-refractivity contribution is 9.10. The number of nitrogen functional groups attached to an aromatic ring is 1. The zero-order chi connectivity index (χ0) is 14.8. The number of sulfonamides is 1. The van der Waals surface area contributed by atoms with Gasteiger partial charge in [0.1, 0.15) is 5.69 Å². The van der Waals surface area contributed by atoms with E-state index < -0.39 is 10.0 Å². The van der Waals surface area contributed by atoms with Gasteiger partial charge in [-0.3, -0.25) is 4.72 Å². The van der Waals surface area contributed by atoms with Gasteiger partial charge in [-0.2, -0.15) is 4.36 Å². The Hall–Kier alpha value is -1.51. The molecular formula is C12H10BrN3O2S2. The molecule has 2 aromatic rings. The van der Waals surface area contributed by atoms with E-state index in [2.05, 4.69) is 37.4 Å². The molecular weight excluding hydrogens is 362 g/mol. The lowest BCUT2D eigenvalue weighted by molar-refractivity contribution is 0.601. The molecule has 0 atom stereocenters. The number of nitrogens with one attached hydrogen (secondary N) is 1. The molecule has 5 nitrogen and oxygen atoms in total. The van der Waals surface area contributed by atoms with Crippen molar-refractivity contribution in [2.75, 3.05) is 10.5 Å². The normalized spacial score (nSPS) is 11.1. The molecule has 0 radical (unpaired) electrons. The predicted molar refractivity (Wildman–Crippen MR) is 85.3 cm³/mol. The predicted octanol–water partition coefficient (Wildman–Crippen LogP) is 3.19. The molecule has 3 N–H and O–H groups in total. The van der Waals surface area contributed by atoms with Crippen LogP contribution >= 0.6 is 15.9 Å². The first kappa shape index (κ1) is 14.9. The second kappa shape index (κ2) is 5.86. The highest BCUT2D eigenvalue weighted by Crippen LogP contribution is 2.32. The van der Waals surface area contributed by atoms with Crippen molar-refractivity contribution in [3.05, 3.63) is 46.9 Å². The van der Waals surface area contributed by atoms with Gasteiger partial charge in [0.05, 0.1) is 16.3 Å². The third kappa shape index (κ3) is 3.14. The van der Waals surface area contributed by atoms with Gasteiger partial charge in [-0.15, -0.1) is 0 Å². The molecule has 0 amide bonds. The van der Waals surface area contributed by atoms with Crippen LogP contribution in [0.25, 0.3) is 0 Å². The third-order valence-electron chi connectivity index (χ3n) is 2.51. The van der Waals surface area contributed by atoms with E-state index in [9.17, 15) is 8.42 Å². The molecule has 2 aromatic carbocycles. The fourth-order valence-electron chi connectivity index (χ4n) is 1.58. The van der Waals surface area contributed by atoms with E-state index >= 15 is 0 Å². The number of benzene rings is 2. The minimum absolute atomic E-state index is 0.129. The van der Waals surface area contributed by atoms with Gasteiger partial charge in [0.2, 0.25) is 0 Å². The van der Waals surface area contributed by atoms with Gasteiger partial charge in [-0.25, -0.2) is 8.42 Å². The van der Waals surface area contributed by atoms with E-state index in [1.165, 1.54) is 12.1 Å². The summed E-state index contributed by atoms with van der Waals surface area (Å²) in [6.45, 7) is 0. The van der Waals surface area contributed by atoms with Gasteiger partial charge in [0, 0.05) is 16.9 Å². The molecule has 0 spiro atoms. The lowest BCUT2D eigenvalue weighted by Gasteiger charge is -2.11. The zero-order valence-corrected chi connectivity index (χ0v) is 13.3. The fourth-order valence-corrected chi connectivity index (χ4v) is 3.45. The fraction of sp³-hybridized carbons (Fsp3) is 0. The molecule has 0 fully saturated rings. The number of hydrogen-bond acceptors (Lipinski definition) is 5. The highest BCUT2D eigenvalue weighted by Gasteiger charge is 2.17. The van der Waals surface area contributed by atoms with Crippen LogP contribution < -0.4 is 10.5 Å². The second-order valence-corrected chi connectivity index (χ2v) is 6.68. The molecule has 8 heteroatoms. The van der Waals surface area contributed by atoms with Gasteiger partial charge < -0.3 is 5.73 Å². The van der Waals surface area contributed by atoms with Gasteiger partial charge in [0.15, 0.2) is 0 Å². The Bertz CT molecular complexity index is 763. The van der Waals surface area contributed by atoms with Gasteiger partial charge >= 0.3 is 0 Å². The summed E-state index contributed by atoms with van der Waals surface area (Å²) in [6, 6.07) is 11.1. The van der Waals surface area contributed by atoms with E-state index in [0.717, 1.165) is 0 Å². The van der Waals surface area contributed by atoms with E-state index in [-0.39, 0.29) is 16.3 Å². The smallest absolute Gasteiger partial charge is 0.262 e. The van der Waals surface area contributed by atoms with Crippen LogP contribution in [0.4, 0.5) is 17.1 Å². The third-order valence-corrected chi connectivity index (χ3v) is 4.55. The minimum Gasteiger partial charge on any atom is -0.397 e. The van der Waals surface area contributed by atoms with Crippen molar-refractivity contribution in [1.29, 1.82) is 0 Å². The van der Waals surface area contributed by atoms with E-state index in [0.29, 0.717) is 10.2 Å². The van der Waals surface area contributed by atoms with Crippen molar-refractivity contribution in [3.63, 3.8) is 0 Å². The number of anilines is 2. The highest BCUT2D eigenvalue weighted by atomic mass is 79.9. The van der Waals surface area contributed by atoms with Gasteiger partial charge in [0.25, 0.3) is 10.0 Å². The summed E-state index contributed by atoms with van der Waals surface area (Å²) in [7, 11) is -3.73. The molecule has 104 valence electrons. The molecule has 0 unspecified atom stereocenters. The van der Waals surface area contributed by atoms with Gasteiger partial charge in [-0.1, -0.05) is 28.1 Å². The first-order valence-electron chi connectivity index (χ1n) is 5.44. The van der Waals surface area contributed by atoms with E-state index in [4.69, 9.17) is 5.73 Å². The molecule has 0 heterocycles. The molecule has 0 aliphatic heterocycles. The SMILES string of the molecule is Nc1cccc(NS(=O)(=O)c2cccc(Br)c2)c1N=S. The maximum atomic E-state index is 12.3. The summed E-state index contributed by atoms with van der Waals surface area (Å²) in [4.78, 5) is 0.129. The molecule has 0 saturated heterocycles. The van der Waals surface area contributed by atoms with Gasteiger partial charge in [-0.05, 0) is 30.3 Å². The van der Waals surface area contributed by atoms with Crippen LogP contribution in [0.1, 0.15) is 0 Å². The van der Waals surface area contributed by atoms with Crippen molar-refractivity contribution in [3.8, 4) is 0 Å². The monoisotopic (exact) mass is 371 g/mol. The summed E-state index contributed by atoms with van der Waals surface area (Å²) in [5.41, 5.74) is 6.51. The number of nitrogens with zero attached hydrogens (tertiary/aromatic N) is 1. The number of hydrogen-bond donors (Lipinski definition) is 2. The first-order chi connectivity index (χ1) is 9.44. The Morgan fingerprint density at radius 1 is 1.20 bits per heavy atom. The number of halogens is 1. The summed E-state index contributed by atoms with van der Waals surface area (Å²) in [5.74, 6) is 0. The van der Waals surface area contributed by atoms with Crippen LogP contribution in [0, 0.1) is 0 Å². The van der Waals surface area contributed by atoms with Crippen LogP contribution in [-0.4, -0.2) is 8.42 Å². The molecule has 0 aliphatic rings. The Labute approximate surface area is 130 Å².